The van der Waals surface area contributed by atoms with Crippen molar-refractivity contribution < 1.29 is 29.4 Å². The number of carboxylic acids is 1. The second-order valence-corrected chi connectivity index (χ2v) is 9.04. The summed E-state index contributed by atoms with van der Waals surface area (Å²) < 4.78 is 0. The molecule has 32 heavy (non-hydrogen) atoms. The summed E-state index contributed by atoms with van der Waals surface area (Å²) in [6.45, 7) is 12.4. The third kappa shape index (κ3) is 9.52. The summed E-state index contributed by atoms with van der Waals surface area (Å²) in [4.78, 5) is 49.7. The van der Waals surface area contributed by atoms with Gasteiger partial charge < -0.3 is 31.9 Å². The van der Waals surface area contributed by atoms with Crippen molar-refractivity contribution in [1.29, 1.82) is 0 Å². The minimum absolute atomic E-state index is 0.0105. The van der Waals surface area contributed by atoms with E-state index in [1.54, 1.807) is 0 Å². The van der Waals surface area contributed by atoms with E-state index < -0.39 is 54.0 Å². The van der Waals surface area contributed by atoms with Gasteiger partial charge in [0.25, 0.3) is 0 Å². The average molecular weight is 459 g/mol. The number of amides is 3. The number of carbonyl (C=O) groups is 4. The lowest BCUT2D eigenvalue weighted by atomic mass is 9.94. The van der Waals surface area contributed by atoms with Crippen LogP contribution < -0.4 is 21.7 Å². The number of hydrogen-bond acceptors (Lipinski definition) is 6. The minimum atomic E-state index is -1.51. The molecule has 7 atom stereocenters. The Morgan fingerprint density at radius 1 is 0.781 bits per heavy atom. The first-order chi connectivity index (χ1) is 14.8. The highest BCUT2D eigenvalue weighted by atomic mass is 16.4. The Hall–Kier alpha value is -2.20. The third-order valence-electron chi connectivity index (χ3n) is 5.74. The molecule has 7 unspecified atom stereocenters. The Balaban J connectivity index is 5.59. The molecule has 0 aromatic carbocycles. The Kier molecular flexibility index (Phi) is 13.1. The van der Waals surface area contributed by atoms with E-state index in [1.165, 1.54) is 6.92 Å². The smallest absolute Gasteiger partial charge is 0.328 e. The molecule has 0 aliphatic rings. The predicted molar refractivity (Wildman–Crippen MR) is 121 cm³/mol. The van der Waals surface area contributed by atoms with Crippen molar-refractivity contribution in [1.82, 2.24) is 16.0 Å². The molecule has 0 radical (unpaired) electrons. The molecule has 0 saturated carbocycles. The Labute approximate surface area is 191 Å². The van der Waals surface area contributed by atoms with Crippen molar-refractivity contribution in [2.45, 2.75) is 98.0 Å². The highest BCUT2D eigenvalue weighted by Gasteiger charge is 2.34. The van der Waals surface area contributed by atoms with Crippen molar-refractivity contribution in [3.63, 3.8) is 0 Å². The van der Waals surface area contributed by atoms with Gasteiger partial charge in [0.05, 0.1) is 12.1 Å². The second-order valence-electron chi connectivity index (χ2n) is 9.04. The van der Waals surface area contributed by atoms with Crippen molar-refractivity contribution >= 4 is 23.7 Å². The van der Waals surface area contributed by atoms with Crippen LogP contribution in [0.3, 0.4) is 0 Å². The van der Waals surface area contributed by atoms with Gasteiger partial charge in [-0.05, 0) is 31.1 Å². The van der Waals surface area contributed by atoms with Crippen LogP contribution >= 0.6 is 0 Å². The van der Waals surface area contributed by atoms with Crippen LogP contribution in [0.1, 0.15) is 67.7 Å². The number of carboxylic acid groups (broad SMARTS) is 1. The van der Waals surface area contributed by atoms with Gasteiger partial charge in [0.1, 0.15) is 12.1 Å². The molecule has 7 N–H and O–H groups in total. The predicted octanol–water partition coefficient (Wildman–Crippen LogP) is 0.372. The molecule has 0 aromatic rings. The van der Waals surface area contributed by atoms with Crippen molar-refractivity contribution in [2.75, 3.05) is 0 Å². The Morgan fingerprint density at radius 2 is 1.28 bits per heavy atom. The molecular formula is C22H42N4O6. The van der Waals surface area contributed by atoms with Crippen LogP contribution in [0.4, 0.5) is 0 Å². The molecule has 0 spiro atoms. The zero-order valence-electron chi connectivity index (χ0n) is 20.3. The first-order valence-electron chi connectivity index (χ1n) is 11.3. The number of nitrogens with two attached hydrogens (primary N) is 1. The van der Waals surface area contributed by atoms with Gasteiger partial charge in [-0.25, -0.2) is 4.79 Å². The lowest BCUT2D eigenvalue weighted by Gasteiger charge is -2.29. The summed E-state index contributed by atoms with van der Waals surface area (Å²) in [6.07, 6.45) is 0.235. The van der Waals surface area contributed by atoms with E-state index in [1.807, 2.05) is 41.5 Å². The first kappa shape index (κ1) is 29.8. The maximum absolute atomic E-state index is 13.1. The van der Waals surface area contributed by atoms with Crippen LogP contribution in [0.15, 0.2) is 0 Å². The van der Waals surface area contributed by atoms with E-state index in [2.05, 4.69) is 16.0 Å². The zero-order valence-corrected chi connectivity index (χ0v) is 20.3. The van der Waals surface area contributed by atoms with Crippen LogP contribution in [0.2, 0.25) is 0 Å². The molecule has 186 valence electrons. The fraction of sp³-hybridized carbons (Fsp3) is 0.818. The molecule has 0 aromatic heterocycles. The van der Waals surface area contributed by atoms with Gasteiger partial charge in [0.15, 0.2) is 6.04 Å². The number of aliphatic hydroxyl groups excluding tert-OH is 1. The molecule has 0 heterocycles. The SMILES string of the molecule is CCC(C)C(N)C(=O)NC(C(=O)NC(CC(C)C)C(=O)NC(C(=O)O)C(C)O)C(C)CC. The molecule has 0 aliphatic carbocycles. The highest BCUT2D eigenvalue weighted by molar-refractivity contribution is 5.94. The number of aliphatic hydroxyl groups is 1. The second kappa shape index (κ2) is 14.1. The van der Waals surface area contributed by atoms with Crippen LogP contribution in [0.5, 0.6) is 0 Å². The monoisotopic (exact) mass is 458 g/mol. The van der Waals surface area contributed by atoms with Crippen molar-refractivity contribution in [3.8, 4) is 0 Å². The third-order valence-corrected chi connectivity index (χ3v) is 5.74. The molecule has 10 heteroatoms. The van der Waals surface area contributed by atoms with Gasteiger partial charge in [-0.1, -0.05) is 54.4 Å². The quantitative estimate of drug-likeness (QED) is 0.218. The molecule has 0 saturated heterocycles. The van der Waals surface area contributed by atoms with E-state index in [-0.39, 0.29) is 24.2 Å². The van der Waals surface area contributed by atoms with Crippen molar-refractivity contribution in [2.24, 2.45) is 23.5 Å². The van der Waals surface area contributed by atoms with Crippen LogP contribution in [0.25, 0.3) is 0 Å². The van der Waals surface area contributed by atoms with Gasteiger partial charge >= 0.3 is 5.97 Å². The lowest BCUT2D eigenvalue weighted by Crippen LogP contribution is -2.60. The largest absolute Gasteiger partial charge is 0.480 e. The normalized spacial score (nSPS) is 17.9. The fourth-order valence-electron chi connectivity index (χ4n) is 3.07. The van der Waals surface area contributed by atoms with Crippen LogP contribution in [0, 0.1) is 17.8 Å². The van der Waals surface area contributed by atoms with Gasteiger partial charge in [-0.3, -0.25) is 14.4 Å². The van der Waals surface area contributed by atoms with E-state index >= 15 is 0 Å². The number of rotatable bonds is 14. The number of nitrogens with one attached hydrogen (secondary N) is 3. The Morgan fingerprint density at radius 3 is 1.69 bits per heavy atom. The van der Waals surface area contributed by atoms with Gasteiger partial charge in [0.2, 0.25) is 17.7 Å². The first-order valence-corrected chi connectivity index (χ1v) is 11.3. The standard InChI is InChI=1S/C22H42N4O6/c1-8-12(5)16(23)20(29)25-17(13(6)9-2)21(30)24-15(10-11(3)4)19(28)26-18(14(7)27)22(31)32/h11-18,27H,8-10,23H2,1-7H3,(H,24,30)(H,25,29)(H,26,28)(H,31,32). The maximum Gasteiger partial charge on any atom is 0.328 e. The molecule has 0 aliphatic heterocycles. The molecule has 10 nitrogen and oxygen atoms in total. The molecule has 0 fully saturated rings. The molecule has 0 rings (SSSR count). The fourth-order valence-corrected chi connectivity index (χ4v) is 3.07. The van der Waals surface area contributed by atoms with Gasteiger partial charge in [-0.15, -0.1) is 0 Å². The summed E-state index contributed by atoms with van der Waals surface area (Å²) >= 11 is 0. The molecular weight excluding hydrogens is 416 g/mol. The summed E-state index contributed by atoms with van der Waals surface area (Å²) in [5.74, 6) is -3.37. The van der Waals surface area contributed by atoms with Crippen molar-refractivity contribution in [3.05, 3.63) is 0 Å². The molecule has 0 bridgehead atoms. The number of aliphatic carboxylic acids is 1. The zero-order chi connectivity index (χ0) is 25.2. The van der Waals surface area contributed by atoms with E-state index in [0.717, 1.165) is 0 Å². The Bertz CT molecular complexity index is 640. The van der Waals surface area contributed by atoms with Gasteiger partial charge in [-0.2, -0.15) is 0 Å². The number of hydrogen-bond donors (Lipinski definition) is 6. The topological polar surface area (TPSA) is 171 Å². The minimum Gasteiger partial charge on any atom is -0.480 e. The lowest BCUT2D eigenvalue weighted by molar-refractivity contribution is -0.145. The van der Waals surface area contributed by atoms with E-state index in [9.17, 15) is 29.4 Å². The van der Waals surface area contributed by atoms with E-state index in [4.69, 9.17) is 5.73 Å². The molecule has 3 amide bonds. The van der Waals surface area contributed by atoms with E-state index in [0.29, 0.717) is 12.8 Å². The summed E-state index contributed by atoms with van der Waals surface area (Å²) in [5, 5.41) is 26.5. The number of carbonyl (C=O) groups excluding carboxylic acids is 3. The van der Waals surface area contributed by atoms with Crippen LogP contribution in [-0.2, 0) is 19.2 Å². The highest BCUT2D eigenvalue weighted by Crippen LogP contribution is 2.13. The maximum atomic E-state index is 13.1. The summed E-state index contributed by atoms with van der Waals surface area (Å²) in [6, 6.07) is -4.21. The average Bonchev–Trinajstić information content (AvgIpc) is 2.72. The summed E-state index contributed by atoms with van der Waals surface area (Å²) in [7, 11) is 0. The summed E-state index contributed by atoms with van der Waals surface area (Å²) in [5.41, 5.74) is 6.00. The van der Waals surface area contributed by atoms with Crippen LogP contribution in [-0.4, -0.2) is 64.2 Å². The van der Waals surface area contributed by atoms with Gasteiger partial charge in [0, 0.05) is 0 Å².